The van der Waals surface area contributed by atoms with Crippen molar-refractivity contribution in [1.29, 1.82) is 0 Å². The van der Waals surface area contributed by atoms with Crippen LogP contribution in [0.1, 0.15) is 11.1 Å². The molecule has 1 aliphatic heterocycles. The van der Waals surface area contributed by atoms with Gasteiger partial charge in [0.2, 0.25) is 0 Å². The summed E-state index contributed by atoms with van der Waals surface area (Å²) in [5, 5.41) is -0.332. The van der Waals surface area contributed by atoms with Gasteiger partial charge in [0.25, 0.3) is 11.1 Å². The number of imide groups is 1. The Kier molecular flexibility index (Phi) is 6.32. The summed E-state index contributed by atoms with van der Waals surface area (Å²) in [6.07, 6.45) is 1.57. The summed E-state index contributed by atoms with van der Waals surface area (Å²) in [7, 11) is 3.02. The highest BCUT2D eigenvalue weighted by Crippen LogP contribution is 2.39. The van der Waals surface area contributed by atoms with Crippen LogP contribution in [-0.2, 0) is 11.3 Å². The lowest BCUT2D eigenvalue weighted by molar-refractivity contribution is -0.123. The fourth-order valence-electron chi connectivity index (χ4n) is 2.65. The number of halogens is 3. The van der Waals surface area contributed by atoms with Crippen LogP contribution in [0.2, 0.25) is 5.02 Å². The van der Waals surface area contributed by atoms with E-state index in [4.69, 9.17) is 21.1 Å². The summed E-state index contributed by atoms with van der Waals surface area (Å²) >= 11 is 10.2. The summed E-state index contributed by atoms with van der Waals surface area (Å²) in [5.41, 5.74) is 0.737. The van der Waals surface area contributed by atoms with Crippen molar-refractivity contribution < 1.29 is 23.5 Å². The minimum atomic E-state index is -0.570. The summed E-state index contributed by atoms with van der Waals surface area (Å²) in [4.78, 5) is 26.2. The molecule has 0 unspecified atom stereocenters. The highest BCUT2D eigenvalue weighted by Gasteiger charge is 2.36. The molecule has 9 heteroatoms. The molecule has 0 spiro atoms. The molecule has 0 bridgehead atoms. The number of amides is 2. The van der Waals surface area contributed by atoms with Gasteiger partial charge in [0.15, 0.2) is 11.5 Å². The smallest absolute Gasteiger partial charge is 0.293 e. The summed E-state index contributed by atoms with van der Waals surface area (Å²) < 4.78 is 25.2. The van der Waals surface area contributed by atoms with Crippen molar-refractivity contribution in [3.63, 3.8) is 0 Å². The Labute approximate surface area is 178 Å². The molecule has 1 fully saturated rings. The van der Waals surface area contributed by atoms with Gasteiger partial charge in [-0.25, -0.2) is 4.39 Å². The maximum atomic E-state index is 14.0. The minimum absolute atomic E-state index is 0.0987. The molecule has 2 amide bonds. The zero-order valence-electron chi connectivity index (χ0n) is 14.8. The molecule has 1 heterocycles. The zero-order chi connectivity index (χ0) is 20.4. The maximum absolute atomic E-state index is 14.0. The molecule has 0 radical (unpaired) electrons. The van der Waals surface area contributed by atoms with Gasteiger partial charge in [-0.2, -0.15) is 0 Å². The van der Waals surface area contributed by atoms with Gasteiger partial charge in [-0.15, -0.1) is 0 Å². The zero-order valence-corrected chi connectivity index (χ0v) is 18.0. The third kappa shape index (κ3) is 4.04. The van der Waals surface area contributed by atoms with Crippen molar-refractivity contribution in [2.45, 2.75) is 6.54 Å². The van der Waals surface area contributed by atoms with E-state index in [0.717, 1.165) is 16.7 Å². The summed E-state index contributed by atoms with van der Waals surface area (Å²) in [6, 6.07) is 7.63. The number of hydrogen-bond acceptors (Lipinski definition) is 5. The van der Waals surface area contributed by atoms with Crippen molar-refractivity contribution in [3.8, 4) is 11.5 Å². The molecular formula is C19H14BrClFNO4S. The monoisotopic (exact) mass is 485 g/mol. The van der Waals surface area contributed by atoms with Gasteiger partial charge >= 0.3 is 0 Å². The summed E-state index contributed by atoms with van der Waals surface area (Å²) in [6.45, 7) is -0.233. The predicted molar refractivity (Wildman–Crippen MR) is 110 cm³/mol. The lowest BCUT2D eigenvalue weighted by Crippen LogP contribution is -2.28. The SMILES string of the molecule is COc1cc(/C=C2/SC(=O)N(Cc3c(F)cccc3Cl)C2=O)cc(Br)c1OC. The minimum Gasteiger partial charge on any atom is -0.493 e. The molecule has 0 aromatic heterocycles. The van der Waals surface area contributed by atoms with E-state index in [9.17, 15) is 14.0 Å². The van der Waals surface area contributed by atoms with E-state index in [2.05, 4.69) is 15.9 Å². The van der Waals surface area contributed by atoms with E-state index >= 15 is 0 Å². The van der Waals surface area contributed by atoms with Gasteiger partial charge < -0.3 is 9.47 Å². The molecule has 28 heavy (non-hydrogen) atoms. The fraction of sp³-hybridized carbons (Fsp3) is 0.158. The van der Waals surface area contributed by atoms with E-state index < -0.39 is 17.0 Å². The molecule has 146 valence electrons. The lowest BCUT2D eigenvalue weighted by atomic mass is 10.1. The molecule has 2 aromatic carbocycles. The highest BCUT2D eigenvalue weighted by atomic mass is 79.9. The van der Waals surface area contributed by atoms with Crippen LogP contribution >= 0.6 is 39.3 Å². The fourth-order valence-corrected chi connectivity index (χ4v) is 4.33. The molecule has 0 atom stereocenters. The van der Waals surface area contributed by atoms with Crippen molar-refractivity contribution in [2.24, 2.45) is 0 Å². The standard InChI is InChI=1S/C19H14BrClFNO4S/c1-26-15-7-10(6-12(20)17(15)27-2)8-16-18(24)23(19(25)28-16)9-11-13(21)4-3-5-14(11)22/h3-8H,9H2,1-2H3/b16-8+. The van der Waals surface area contributed by atoms with Crippen LogP contribution in [0.3, 0.4) is 0 Å². The van der Waals surface area contributed by atoms with Gasteiger partial charge in [0.1, 0.15) is 5.82 Å². The van der Waals surface area contributed by atoms with Crippen molar-refractivity contribution in [2.75, 3.05) is 14.2 Å². The van der Waals surface area contributed by atoms with Crippen LogP contribution in [0.5, 0.6) is 11.5 Å². The first-order chi connectivity index (χ1) is 13.3. The van der Waals surface area contributed by atoms with Gasteiger partial charge in [0.05, 0.1) is 30.1 Å². The Balaban J connectivity index is 1.90. The van der Waals surface area contributed by atoms with Gasteiger partial charge in [-0.05, 0) is 63.6 Å². The molecule has 0 N–H and O–H groups in total. The van der Waals surface area contributed by atoms with Crippen LogP contribution in [-0.4, -0.2) is 30.3 Å². The van der Waals surface area contributed by atoms with Crippen LogP contribution in [0, 0.1) is 5.82 Å². The van der Waals surface area contributed by atoms with Crippen LogP contribution in [0.4, 0.5) is 9.18 Å². The van der Waals surface area contributed by atoms with Crippen molar-refractivity contribution in [1.82, 2.24) is 4.90 Å². The molecule has 0 saturated carbocycles. The number of methoxy groups -OCH3 is 2. The maximum Gasteiger partial charge on any atom is 0.293 e. The average Bonchev–Trinajstić information content (AvgIpc) is 2.91. The molecule has 0 aliphatic carbocycles. The van der Waals surface area contributed by atoms with E-state index in [1.54, 1.807) is 18.2 Å². The number of rotatable bonds is 5. The van der Waals surface area contributed by atoms with E-state index in [1.165, 1.54) is 32.4 Å². The number of hydrogen-bond donors (Lipinski definition) is 0. The van der Waals surface area contributed by atoms with Crippen LogP contribution in [0.15, 0.2) is 39.7 Å². The number of carbonyl (C=O) groups is 2. The molecule has 5 nitrogen and oxygen atoms in total. The second kappa shape index (κ2) is 8.55. The third-order valence-corrected chi connectivity index (χ3v) is 5.86. The largest absolute Gasteiger partial charge is 0.493 e. The number of carbonyl (C=O) groups excluding carboxylic acids is 2. The van der Waals surface area contributed by atoms with Crippen LogP contribution in [0.25, 0.3) is 6.08 Å². The topological polar surface area (TPSA) is 55.8 Å². The molecule has 3 rings (SSSR count). The molecule has 2 aromatic rings. The Morgan fingerprint density at radius 1 is 1.25 bits per heavy atom. The average molecular weight is 487 g/mol. The number of nitrogens with zero attached hydrogens (tertiary/aromatic N) is 1. The number of benzene rings is 2. The Bertz CT molecular complexity index is 978. The highest BCUT2D eigenvalue weighted by molar-refractivity contribution is 9.10. The van der Waals surface area contributed by atoms with Gasteiger partial charge in [-0.3, -0.25) is 14.5 Å². The predicted octanol–water partition coefficient (Wildman–Crippen LogP) is 5.50. The Morgan fingerprint density at radius 3 is 2.64 bits per heavy atom. The van der Waals surface area contributed by atoms with Gasteiger partial charge in [-0.1, -0.05) is 17.7 Å². The Morgan fingerprint density at radius 2 is 2.00 bits per heavy atom. The quantitative estimate of drug-likeness (QED) is 0.523. The first-order valence-electron chi connectivity index (χ1n) is 7.95. The second-order valence-electron chi connectivity index (χ2n) is 5.71. The Hall–Kier alpha value is -2.03. The van der Waals surface area contributed by atoms with E-state index in [0.29, 0.717) is 21.5 Å². The lowest BCUT2D eigenvalue weighted by Gasteiger charge is -2.14. The molecule has 1 saturated heterocycles. The van der Waals surface area contributed by atoms with Crippen molar-refractivity contribution >= 4 is 56.5 Å². The number of ether oxygens (including phenoxy) is 2. The third-order valence-electron chi connectivity index (χ3n) is 4.01. The van der Waals surface area contributed by atoms with Crippen LogP contribution < -0.4 is 9.47 Å². The molecular weight excluding hydrogens is 473 g/mol. The molecule has 1 aliphatic rings. The van der Waals surface area contributed by atoms with E-state index in [1.807, 2.05) is 0 Å². The van der Waals surface area contributed by atoms with Gasteiger partial charge in [0, 0.05) is 10.6 Å². The van der Waals surface area contributed by atoms with E-state index in [-0.39, 0.29) is 22.0 Å². The second-order valence-corrected chi connectivity index (χ2v) is 7.96. The summed E-state index contributed by atoms with van der Waals surface area (Å²) in [5.74, 6) is -0.0954. The first-order valence-corrected chi connectivity index (χ1v) is 9.94. The number of thioether (sulfide) groups is 1. The normalized spacial score (nSPS) is 15.5. The van der Waals surface area contributed by atoms with Crippen molar-refractivity contribution in [3.05, 3.63) is 61.7 Å². The first kappa shape index (κ1) is 20.7.